The summed E-state index contributed by atoms with van der Waals surface area (Å²) < 4.78 is 28.0. The van der Waals surface area contributed by atoms with Crippen molar-refractivity contribution in [2.45, 2.75) is 17.4 Å². The van der Waals surface area contributed by atoms with Gasteiger partial charge in [-0.3, -0.25) is 4.79 Å². The molecule has 0 bridgehead atoms. The molecule has 1 aliphatic heterocycles. The number of carbonyl (C=O) groups excluding carboxylic acids is 1. The number of rotatable bonds is 6. The maximum atomic E-state index is 13.0. The van der Waals surface area contributed by atoms with Gasteiger partial charge in [-0.15, -0.1) is 0 Å². The van der Waals surface area contributed by atoms with Crippen molar-refractivity contribution >= 4 is 26.7 Å². The zero-order valence-corrected chi connectivity index (χ0v) is 18.4. The van der Waals surface area contributed by atoms with Crippen molar-refractivity contribution in [1.29, 1.82) is 0 Å². The average molecular weight is 438 g/mol. The van der Waals surface area contributed by atoms with Crippen LogP contribution in [0.2, 0.25) is 0 Å². The molecule has 0 saturated carbocycles. The first-order valence-corrected chi connectivity index (χ1v) is 11.9. The molecule has 31 heavy (non-hydrogen) atoms. The molecule has 3 aromatic rings. The Morgan fingerprint density at radius 1 is 0.968 bits per heavy atom. The van der Waals surface area contributed by atoms with Crippen LogP contribution in [-0.4, -0.2) is 57.4 Å². The number of likely N-dealkylation sites (N-methyl/N-ethyl adjacent to an activating group) is 1. The van der Waals surface area contributed by atoms with Crippen LogP contribution in [0.5, 0.6) is 0 Å². The van der Waals surface area contributed by atoms with Gasteiger partial charge in [0.15, 0.2) is 0 Å². The maximum Gasteiger partial charge on any atom is 0.240 e. The molecule has 6 nitrogen and oxygen atoms in total. The van der Waals surface area contributed by atoms with Gasteiger partial charge >= 0.3 is 0 Å². The smallest absolute Gasteiger partial charge is 0.240 e. The molecule has 0 spiro atoms. The van der Waals surface area contributed by atoms with E-state index in [1.807, 2.05) is 59.5 Å². The standard InChI is InChI=1S/C24H27N3O3S/c1-26-15-16-27(23(18-26)20-8-3-2-4-9-20)24(28)13-14-25-31(29,30)22-12-11-19-7-5-6-10-21(19)17-22/h2-12,17,23,25H,13-16,18H2,1H3/t23-/m1/s1. The molecule has 0 radical (unpaired) electrons. The van der Waals surface area contributed by atoms with Crippen LogP contribution < -0.4 is 4.72 Å². The third-order valence-electron chi connectivity index (χ3n) is 5.75. The number of hydrogen-bond donors (Lipinski definition) is 1. The van der Waals surface area contributed by atoms with E-state index in [0.717, 1.165) is 29.4 Å². The number of nitrogens with one attached hydrogen (secondary N) is 1. The van der Waals surface area contributed by atoms with Crippen molar-refractivity contribution < 1.29 is 13.2 Å². The summed E-state index contributed by atoms with van der Waals surface area (Å²) in [5.74, 6) is -0.0387. The number of benzene rings is 3. The van der Waals surface area contributed by atoms with Crippen molar-refractivity contribution in [3.8, 4) is 0 Å². The lowest BCUT2D eigenvalue weighted by Crippen LogP contribution is -2.49. The number of hydrogen-bond acceptors (Lipinski definition) is 4. The summed E-state index contributed by atoms with van der Waals surface area (Å²) in [5, 5.41) is 1.85. The van der Waals surface area contributed by atoms with Crippen LogP contribution in [-0.2, 0) is 14.8 Å². The fraction of sp³-hybridized carbons (Fsp3) is 0.292. The van der Waals surface area contributed by atoms with Crippen molar-refractivity contribution in [2.24, 2.45) is 0 Å². The Morgan fingerprint density at radius 2 is 1.68 bits per heavy atom. The van der Waals surface area contributed by atoms with Crippen molar-refractivity contribution in [1.82, 2.24) is 14.5 Å². The summed E-state index contributed by atoms with van der Waals surface area (Å²) in [7, 11) is -1.63. The van der Waals surface area contributed by atoms with Gasteiger partial charge in [0.25, 0.3) is 0 Å². The number of nitrogens with zero attached hydrogens (tertiary/aromatic N) is 2. The van der Waals surface area contributed by atoms with Crippen LogP contribution in [0, 0.1) is 0 Å². The van der Waals surface area contributed by atoms with Gasteiger partial charge in [-0.05, 0) is 35.5 Å². The van der Waals surface area contributed by atoms with E-state index in [9.17, 15) is 13.2 Å². The Kier molecular flexibility index (Phi) is 6.36. The second-order valence-electron chi connectivity index (χ2n) is 7.93. The largest absolute Gasteiger partial charge is 0.333 e. The van der Waals surface area contributed by atoms with Crippen LogP contribution in [0.4, 0.5) is 0 Å². The molecule has 1 N–H and O–H groups in total. The van der Waals surface area contributed by atoms with E-state index in [0.29, 0.717) is 6.54 Å². The zero-order chi connectivity index (χ0) is 21.8. The van der Waals surface area contributed by atoms with E-state index in [4.69, 9.17) is 0 Å². The minimum absolute atomic E-state index is 0.0236. The van der Waals surface area contributed by atoms with Crippen molar-refractivity contribution in [3.63, 3.8) is 0 Å². The SMILES string of the molecule is CN1CCN(C(=O)CCNS(=O)(=O)c2ccc3ccccc3c2)[C@@H](c2ccccc2)C1. The van der Waals surface area contributed by atoms with Gasteiger partial charge in [0, 0.05) is 32.6 Å². The lowest BCUT2D eigenvalue weighted by atomic mass is 10.0. The predicted molar refractivity (Wildman–Crippen MR) is 122 cm³/mol. The molecule has 3 aromatic carbocycles. The molecular formula is C24H27N3O3S. The van der Waals surface area contributed by atoms with E-state index in [-0.39, 0.29) is 29.8 Å². The van der Waals surface area contributed by atoms with Gasteiger partial charge in [0.2, 0.25) is 15.9 Å². The number of piperazine rings is 1. The quantitative estimate of drug-likeness (QED) is 0.644. The van der Waals surface area contributed by atoms with E-state index < -0.39 is 10.0 Å². The summed E-state index contributed by atoms with van der Waals surface area (Å²) >= 11 is 0. The molecule has 1 aliphatic rings. The van der Waals surface area contributed by atoms with Crippen LogP contribution in [0.25, 0.3) is 10.8 Å². The van der Waals surface area contributed by atoms with Crippen molar-refractivity contribution in [3.05, 3.63) is 78.4 Å². The highest BCUT2D eigenvalue weighted by atomic mass is 32.2. The normalized spacial score (nSPS) is 17.7. The topological polar surface area (TPSA) is 69.7 Å². The van der Waals surface area contributed by atoms with Gasteiger partial charge < -0.3 is 9.80 Å². The first-order valence-electron chi connectivity index (χ1n) is 10.5. The molecule has 0 aliphatic carbocycles. The highest BCUT2D eigenvalue weighted by Gasteiger charge is 2.30. The summed E-state index contributed by atoms with van der Waals surface area (Å²) in [5.41, 5.74) is 1.10. The number of fused-ring (bicyclic) bond motifs is 1. The van der Waals surface area contributed by atoms with Crippen LogP contribution in [0.3, 0.4) is 0 Å². The maximum absolute atomic E-state index is 13.0. The highest BCUT2D eigenvalue weighted by molar-refractivity contribution is 7.89. The molecule has 7 heteroatoms. The second kappa shape index (κ2) is 9.18. The molecule has 162 valence electrons. The Balaban J connectivity index is 1.41. The van der Waals surface area contributed by atoms with Crippen molar-refractivity contribution in [2.75, 3.05) is 33.2 Å². The number of amides is 1. The summed E-state index contributed by atoms with van der Waals surface area (Å²) in [4.78, 5) is 17.3. The van der Waals surface area contributed by atoms with Crippen LogP contribution >= 0.6 is 0 Å². The van der Waals surface area contributed by atoms with Crippen LogP contribution in [0.15, 0.2) is 77.7 Å². The third-order valence-corrected chi connectivity index (χ3v) is 7.21. The van der Waals surface area contributed by atoms with Gasteiger partial charge in [-0.1, -0.05) is 60.7 Å². The summed E-state index contributed by atoms with van der Waals surface area (Å²) in [6.07, 6.45) is 0.125. The third kappa shape index (κ3) is 4.95. The van der Waals surface area contributed by atoms with E-state index in [2.05, 4.69) is 16.7 Å². The fourth-order valence-corrected chi connectivity index (χ4v) is 5.10. The molecule has 1 amide bonds. The van der Waals surface area contributed by atoms with E-state index in [1.54, 1.807) is 18.2 Å². The van der Waals surface area contributed by atoms with E-state index in [1.165, 1.54) is 0 Å². The van der Waals surface area contributed by atoms with Crippen LogP contribution in [0.1, 0.15) is 18.0 Å². The first-order chi connectivity index (χ1) is 14.9. The molecule has 0 unspecified atom stereocenters. The Bertz CT molecular complexity index is 1160. The number of carbonyl (C=O) groups is 1. The van der Waals surface area contributed by atoms with E-state index >= 15 is 0 Å². The Morgan fingerprint density at radius 3 is 2.45 bits per heavy atom. The molecule has 1 fully saturated rings. The lowest BCUT2D eigenvalue weighted by molar-refractivity contribution is -0.136. The summed E-state index contributed by atoms with van der Waals surface area (Å²) in [6, 6.07) is 22.6. The average Bonchev–Trinajstić information content (AvgIpc) is 2.79. The monoisotopic (exact) mass is 437 g/mol. The zero-order valence-electron chi connectivity index (χ0n) is 17.6. The molecule has 1 heterocycles. The highest BCUT2D eigenvalue weighted by Crippen LogP contribution is 2.25. The van der Waals surface area contributed by atoms with Gasteiger partial charge in [-0.2, -0.15) is 0 Å². The number of sulfonamides is 1. The first kappa shape index (κ1) is 21.5. The Labute approximate surface area is 183 Å². The molecule has 1 saturated heterocycles. The molecule has 4 rings (SSSR count). The molecular weight excluding hydrogens is 410 g/mol. The van der Waals surface area contributed by atoms with Gasteiger partial charge in [0.05, 0.1) is 10.9 Å². The minimum atomic E-state index is -3.68. The lowest BCUT2D eigenvalue weighted by Gasteiger charge is -2.40. The van der Waals surface area contributed by atoms with Gasteiger partial charge in [-0.25, -0.2) is 13.1 Å². The van der Waals surface area contributed by atoms with Gasteiger partial charge in [0.1, 0.15) is 0 Å². The second-order valence-corrected chi connectivity index (χ2v) is 9.70. The molecule has 0 aromatic heterocycles. The predicted octanol–water partition coefficient (Wildman–Crippen LogP) is 3.02. The fourth-order valence-electron chi connectivity index (χ4n) is 4.03. The summed E-state index contributed by atoms with van der Waals surface area (Å²) in [6.45, 7) is 2.27. The Hall–Kier alpha value is -2.74. The minimum Gasteiger partial charge on any atom is -0.333 e. The molecule has 1 atom stereocenters.